The van der Waals surface area contributed by atoms with Gasteiger partial charge in [0.2, 0.25) is 11.0 Å². The monoisotopic (exact) mass is 422 g/mol. The van der Waals surface area contributed by atoms with E-state index in [1.165, 1.54) is 16.9 Å². The van der Waals surface area contributed by atoms with Gasteiger partial charge in [0.15, 0.2) is 0 Å². The summed E-state index contributed by atoms with van der Waals surface area (Å²) in [6.07, 6.45) is 3.11. The molecule has 1 unspecified atom stereocenters. The van der Waals surface area contributed by atoms with Gasteiger partial charge in [-0.15, -0.1) is 10.2 Å². The van der Waals surface area contributed by atoms with E-state index in [2.05, 4.69) is 39.9 Å². The number of aromatic nitrogens is 2. The molecule has 1 atom stereocenters. The van der Waals surface area contributed by atoms with Crippen molar-refractivity contribution in [2.45, 2.75) is 45.4 Å². The zero-order valence-corrected chi connectivity index (χ0v) is 18.0. The lowest BCUT2D eigenvalue weighted by Gasteiger charge is -2.08. The van der Waals surface area contributed by atoms with Crippen LogP contribution in [0.2, 0.25) is 0 Å². The summed E-state index contributed by atoms with van der Waals surface area (Å²) in [4.78, 5) is 24.3. The second-order valence-electron chi connectivity index (χ2n) is 7.20. The van der Waals surface area contributed by atoms with Crippen LogP contribution in [0.25, 0.3) is 0 Å². The summed E-state index contributed by atoms with van der Waals surface area (Å²) in [5, 5.41) is 15.3. The van der Waals surface area contributed by atoms with Crippen LogP contribution in [0.15, 0.2) is 54.6 Å². The van der Waals surface area contributed by atoms with Crippen LogP contribution in [0.5, 0.6) is 0 Å². The quantitative estimate of drug-likeness (QED) is 0.492. The van der Waals surface area contributed by atoms with Gasteiger partial charge in [-0.25, -0.2) is 0 Å². The van der Waals surface area contributed by atoms with Crippen molar-refractivity contribution in [2.24, 2.45) is 0 Å². The van der Waals surface area contributed by atoms with Crippen molar-refractivity contribution in [2.75, 3.05) is 10.6 Å². The van der Waals surface area contributed by atoms with Gasteiger partial charge < -0.3 is 5.32 Å². The first-order chi connectivity index (χ1) is 14.5. The molecule has 30 heavy (non-hydrogen) atoms. The van der Waals surface area contributed by atoms with Gasteiger partial charge in [-0.3, -0.25) is 14.9 Å². The predicted molar refractivity (Wildman–Crippen MR) is 121 cm³/mol. The van der Waals surface area contributed by atoms with Gasteiger partial charge in [-0.2, -0.15) is 0 Å². The number of nitrogens with zero attached hydrogens (tertiary/aromatic N) is 2. The molecule has 0 bridgehead atoms. The fourth-order valence-corrected chi connectivity index (χ4v) is 3.85. The zero-order chi connectivity index (χ0) is 21.3. The normalized spacial score (nSPS) is 11.7. The highest BCUT2D eigenvalue weighted by Crippen LogP contribution is 2.24. The third kappa shape index (κ3) is 6.22. The molecule has 0 fully saturated rings. The summed E-state index contributed by atoms with van der Waals surface area (Å²) >= 11 is 1.39. The van der Waals surface area contributed by atoms with E-state index in [1.807, 2.05) is 25.1 Å². The molecule has 0 spiro atoms. The van der Waals surface area contributed by atoms with Crippen molar-refractivity contribution in [3.63, 3.8) is 0 Å². The van der Waals surface area contributed by atoms with E-state index in [-0.39, 0.29) is 11.8 Å². The minimum absolute atomic E-state index is 0.0137. The smallest absolute Gasteiger partial charge is 0.257 e. The van der Waals surface area contributed by atoms with E-state index in [1.54, 1.807) is 24.3 Å². The average Bonchev–Trinajstić information content (AvgIpc) is 3.20. The Morgan fingerprint density at radius 2 is 1.73 bits per heavy atom. The van der Waals surface area contributed by atoms with E-state index in [0.717, 1.165) is 24.3 Å². The maximum absolute atomic E-state index is 12.5. The Kier molecular flexibility index (Phi) is 7.68. The van der Waals surface area contributed by atoms with Crippen LogP contribution in [0, 0.1) is 0 Å². The van der Waals surface area contributed by atoms with Crippen LogP contribution in [-0.4, -0.2) is 22.0 Å². The number of unbranched alkanes of at least 4 members (excludes halogenated alkanes) is 1. The van der Waals surface area contributed by atoms with E-state index < -0.39 is 0 Å². The molecule has 1 aromatic heterocycles. The third-order valence-corrected chi connectivity index (χ3v) is 5.59. The largest absolute Gasteiger partial charge is 0.326 e. The predicted octanol–water partition coefficient (Wildman–Crippen LogP) is 5.27. The number of anilines is 2. The lowest BCUT2D eigenvalue weighted by Crippen LogP contribution is -2.13. The molecule has 7 heteroatoms. The zero-order valence-electron chi connectivity index (χ0n) is 17.2. The summed E-state index contributed by atoms with van der Waals surface area (Å²) in [6, 6.07) is 17.1. The molecule has 0 aliphatic carbocycles. The molecule has 3 rings (SSSR count). The maximum Gasteiger partial charge on any atom is 0.257 e. The van der Waals surface area contributed by atoms with Crippen molar-refractivity contribution in [3.8, 4) is 0 Å². The molecule has 156 valence electrons. The first-order valence-electron chi connectivity index (χ1n) is 10.1. The number of hydrogen-bond acceptors (Lipinski definition) is 5. The van der Waals surface area contributed by atoms with Crippen molar-refractivity contribution < 1.29 is 9.59 Å². The van der Waals surface area contributed by atoms with Gasteiger partial charge in [0.25, 0.3) is 5.91 Å². The number of rotatable bonds is 9. The Labute approximate surface area is 180 Å². The number of nitrogens with one attached hydrogen (secondary N) is 2. The second kappa shape index (κ2) is 10.6. The van der Waals surface area contributed by atoms with Gasteiger partial charge in [0.05, 0.1) is 0 Å². The highest BCUT2D eigenvalue weighted by atomic mass is 32.1. The number of carbonyl (C=O) groups excluding carboxylic acids is 2. The molecule has 0 aliphatic rings. The summed E-state index contributed by atoms with van der Waals surface area (Å²) in [5.41, 5.74) is 2.43. The molecule has 3 aromatic rings. The lowest BCUT2D eigenvalue weighted by molar-refractivity contribution is -0.116. The molecule has 0 radical (unpaired) electrons. The minimum atomic E-state index is -0.252. The third-order valence-electron chi connectivity index (χ3n) is 4.72. The fourth-order valence-electron chi connectivity index (χ4n) is 2.98. The Balaban J connectivity index is 1.54. The van der Waals surface area contributed by atoms with Gasteiger partial charge in [-0.1, -0.05) is 61.9 Å². The van der Waals surface area contributed by atoms with Crippen LogP contribution >= 0.6 is 11.3 Å². The van der Waals surface area contributed by atoms with E-state index in [0.29, 0.717) is 28.7 Å². The standard InChI is InChI=1S/C23H26N4O2S/c1-3-4-10-20(28)24-19-13-11-18(12-14-19)22(29)25-23-27-26-21(30-23)15-16(2)17-8-6-5-7-9-17/h5-9,11-14,16H,3-4,10,15H2,1-2H3,(H,24,28)(H,25,27,29). The summed E-state index contributed by atoms with van der Waals surface area (Å²) in [6.45, 7) is 4.20. The van der Waals surface area contributed by atoms with E-state index >= 15 is 0 Å². The van der Waals surface area contributed by atoms with Crippen LogP contribution in [0.4, 0.5) is 10.8 Å². The molecular weight excluding hydrogens is 396 g/mol. The molecular formula is C23H26N4O2S. The number of benzene rings is 2. The molecule has 0 aliphatic heterocycles. The Morgan fingerprint density at radius 3 is 2.43 bits per heavy atom. The number of amides is 2. The average molecular weight is 423 g/mol. The van der Waals surface area contributed by atoms with Gasteiger partial charge >= 0.3 is 0 Å². The molecule has 2 amide bonds. The second-order valence-corrected chi connectivity index (χ2v) is 8.26. The Hall–Kier alpha value is -3.06. The Morgan fingerprint density at radius 1 is 1.00 bits per heavy atom. The maximum atomic E-state index is 12.5. The first-order valence-corrected chi connectivity index (χ1v) is 11.0. The van der Waals surface area contributed by atoms with Gasteiger partial charge in [0.1, 0.15) is 5.01 Å². The molecule has 1 heterocycles. The highest BCUT2D eigenvalue weighted by Gasteiger charge is 2.13. The summed E-state index contributed by atoms with van der Waals surface area (Å²) < 4.78 is 0. The van der Waals surface area contributed by atoms with Crippen LogP contribution in [0.3, 0.4) is 0 Å². The minimum Gasteiger partial charge on any atom is -0.326 e. The molecule has 0 saturated heterocycles. The van der Waals surface area contributed by atoms with E-state index in [9.17, 15) is 9.59 Å². The summed E-state index contributed by atoms with van der Waals surface area (Å²) in [5.74, 6) is 0.0561. The van der Waals surface area contributed by atoms with Crippen molar-refractivity contribution >= 4 is 34.0 Å². The molecule has 0 saturated carbocycles. The van der Waals surface area contributed by atoms with Crippen LogP contribution in [-0.2, 0) is 11.2 Å². The number of carbonyl (C=O) groups is 2. The van der Waals surface area contributed by atoms with Gasteiger partial charge in [0, 0.05) is 24.1 Å². The van der Waals surface area contributed by atoms with Crippen molar-refractivity contribution in [3.05, 3.63) is 70.7 Å². The topological polar surface area (TPSA) is 84.0 Å². The highest BCUT2D eigenvalue weighted by molar-refractivity contribution is 7.15. The SMILES string of the molecule is CCCCC(=O)Nc1ccc(C(=O)Nc2nnc(CC(C)c3ccccc3)s2)cc1. The number of hydrogen-bond donors (Lipinski definition) is 2. The molecule has 6 nitrogen and oxygen atoms in total. The lowest BCUT2D eigenvalue weighted by atomic mass is 9.98. The van der Waals surface area contributed by atoms with Gasteiger partial charge in [-0.05, 0) is 42.2 Å². The molecule has 2 aromatic carbocycles. The van der Waals surface area contributed by atoms with E-state index in [4.69, 9.17) is 0 Å². The van der Waals surface area contributed by atoms with Crippen LogP contribution in [0.1, 0.15) is 60.0 Å². The van der Waals surface area contributed by atoms with Crippen molar-refractivity contribution in [1.29, 1.82) is 0 Å². The first kappa shape index (κ1) is 21.6. The van der Waals surface area contributed by atoms with Crippen LogP contribution < -0.4 is 10.6 Å². The summed E-state index contributed by atoms with van der Waals surface area (Å²) in [7, 11) is 0. The molecule has 2 N–H and O–H groups in total. The Bertz CT molecular complexity index is 970. The van der Waals surface area contributed by atoms with Crippen molar-refractivity contribution in [1.82, 2.24) is 10.2 Å². The fraction of sp³-hybridized carbons (Fsp3) is 0.304.